The summed E-state index contributed by atoms with van der Waals surface area (Å²) in [5, 5.41) is 6.52. The van der Waals surface area contributed by atoms with Crippen molar-refractivity contribution in [1.82, 2.24) is 15.5 Å². The average molecular weight is 324 g/mol. The number of likely N-dealkylation sites (tertiary alicyclic amines) is 1. The van der Waals surface area contributed by atoms with Gasteiger partial charge in [-0.2, -0.15) is 0 Å². The molecule has 2 rings (SSSR count). The number of halogens is 2. The van der Waals surface area contributed by atoms with Crippen molar-refractivity contribution < 1.29 is 4.79 Å². The van der Waals surface area contributed by atoms with E-state index in [1.807, 2.05) is 6.08 Å². The zero-order chi connectivity index (χ0) is 12.8. The summed E-state index contributed by atoms with van der Waals surface area (Å²) in [6.07, 6.45) is 6.25. The Morgan fingerprint density at radius 3 is 2.55 bits per heavy atom. The minimum atomic E-state index is 0. The maximum absolute atomic E-state index is 12.1. The maximum atomic E-state index is 12.1. The van der Waals surface area contributed by atoms with Gasteiger partial charge in [0.2, 0.25) is 5.91 Å². The summed E-state index contributed by atoms with van der Waals surface area (Å²) in [4.78, 5) is 14.5. The molecule has 0 aromatic rings. The number of carbonyl (C=O) groups excluding carboxylic acids is 1. The van der Waals surface area contributed by atoms with Crippen LogP contribution in [0.5, 0.6) is 0 Å². The van der Waals surface area contributed by atoms with Crippen LogP contribution in [0.4, 0.5) is 0 Å². The van der Waals surface area contributed by atoms with Gasteiger partial charge in [-0.15, -0.1) is 31.4 Å². The van der Waals surface area contributed by atoms with Crippen LogP contribution < -0.4 is 10.6 Å². The number of hydrogen-bond donors (Lipinski definition) is 2. The average Bonchev–Trinajstić information content (AvgIpc) is 2.42. The van der Waals surface area contributed by atoms with E-state index in [2.05, 4.69) is 22.1 Å². The second kappa shape index (κ2) is 10.4. The fraction of sp³-hybridized carbons (Fsp3) is 0.786. The van der Waals surface area contributed by atoms with Gasteiger partial charge in [0.15, 0.2) is 0 Å². The summed E-state index contributed by atoms with van der Waals surface area (Å²) >= 11 is 0. The molecule has 0 spiro atoms. The quantitative estimate of drug-likeness (QED) is 0.772. The van der Waals surface area contributed by atoms with Crippen molar-refractivity contribution in [3.8, 4) is 0 Å². The van der Waals surface area contributed by atoms with Crippen molar-refractivity contribution in [2.24, 2.45) is 5.92 Å². The summed E-state index contributed by atoms with van der Waals surface area (Å²) in [5.74, 6) is 0.439. The Morgan fingerprint density at radius 1 is 1.30 bits per heavy atom. The van der Waals surface area contributed by atoms with E-state index in [-0.39, 0.29) is 36.6 Å². The van der Waals surface area contributed by atoms with E-state index in [9.17, 15) is 4.79 Å². The molecule has 2 saturated heterocycles. The first-order chi connectivity index (χ1) is 8.79. The van der Waals surface area contributed by atoms with Crippen LogP contribution in [-0.4, -0.2) is 49.6 Å². The summed E-state index contributed by atoms with van der Waals surface area (Å²) in [5.41, 5.74) is 0. The molecule has 6 heteroatoms. The van der Waals surface area contributed by atoms with Gasteiger partial charge < -0.3 is 10.6 Å². The molecule has 20 heavy (non-hydrogen) atoms. The van der Waals surface area contributed by atoms with Gasteiger partial charge in [-0.25, -0.2) is 0 Å². The zero-order valence-electron chi connectivity index (χ0n) is 12.0. The lowest BCUT2D eigenvalue weighted by Crippen LogP contribution is -2.48. The van der Waals surface area contributed by atoms with Gasteiger partial charge in [0.05, 0.1) is 5.92 Å². The van der Waals surface area contributed by atoms with Crippen molar-refractivity contribution in [3.05, 3.63) is 12.7 Å². The monoisotopic (exact) mass is 323 g/mol. The van der Waals surface area contributed by atoms with Crippen LogP contribution in [0, 0.1) is 5.92 Å². The Hall–Kier alpha value is -0.290. The largest absolute Gasteiger partial charge is 0.353 e. The second-order valence-corrected chi connectivity index (χ2v) is 5.42. The molecule has 0 aliphatic carbocycles. The highest BCUT2D eigenvalue weighted by molar-refractivity contribution is 5.85. The minimum absolute atomic E-state index is 0. The molecule has 118 valence electrons. The first-order valence-electron chi connectivity index (χ1n) is 7.14. The van der Waals surface area contributed by atoms with Crippen LogP contribution >= 0.6 is 24.8 Å². The Kier molecular flexibility index (Phi) is 10.3. The molecule has 2 N–H and O–H groups in total. The molecule has 2 fully saturated rings. The van der Waals surface area contributed by atoms with Gasteiger partial charge in [0.1, 0.15) is 0 Å². The van der Waals surface area contributed by atoms with E-state index < -0.39 is 0 Å². The Bertz CT molecular complexity index is 288. The van der Waals surface area contributed by atoms with Crippen molar-refractivity contribution >= 4 is 30.7 Å². The molecule has 0 aromatic heterocycles. The van der Waals surface area contributed by atoms with Crippen LogP contribution in [0.3, 0.4) is 0 Å². The highest BCUT2D eigenvalue weighted by Crippen LogP contribution is 2.14. The molecule has 4 nitrogen and oxygen atoms in total. The molecule has 0 saturated carbocycles. The number of piperidine rings is 2. The summed E-state index contributed by atoms with van der Waals surface area (Å²) < 4.78 is 0. The molecule has 0 radical (unpaired) electrons. The highest BCUT2D eigenvalue weighted by atomic mass is 35.5. The van der Waals surface area contributed by atoms with E-state index in [0.717, 1.165) is 58.4 Å². The van der Waals surface area contributed by atoms with Crippen molar-refractivity contribution in [2.75, 3.05) is 32.7 Å². The van der Waals surface area contributed by atoms with E-state index in [0.29, 0.717) is 6.04 Å². The number of nitrogens with one attached hydrogen (secondary N) is 2. The van der Waals surface area contributed by atoms with E-state index in [1.165, 1.54) is 0 Å². The minimum Gasteiger partial charge on any atom is -0.353 e. The van der Waals surface area contributed by atoms with Gasteiger partial charge in [-0.3, -0.25) is 9.69 Å². The standard InChI is InChI=1S/C14H25N3O.2ClH/c1-2-8-17-9-5-13(6-10-17)16-14(18)12-4-3-7-15-11-12;;/h2,12-13,15H,1,3-11H2,(H,16,18);2*1H. The number of hydrogen-bond acceptors (Lipinski definition) is 3. The number of carbonyl (C=O) groups is 1. The van der Waals surface area contributed by atoms with E-state index >= 15 is 0 Å². The smallest absolute Gasteiger partial charge is 0.224 e. The maximum Gasteiger partial charge on any atom is 0.224 e. The summed E-state index contributed by atoms with van der Waals surface area (Å²) in [6, 6.07) is 0.375. The molecule has 2 aliphatic heterocycles. The zero-order valence-corrected chi connectivity index (χ0v) is 13.6. The van der Waals surface area contributed by atoms with E-state index in [1.54, 1.807) is 0 Å². The van der Waals surface area contributed by atoms with Crippen LogP contribution in [-0.2, 0) is 4.79 Å². The lowest BCUT2D eigenvalue weighted by atomic mass is 9.97. The third-order valence-corrected chi connectivity index (χ3v) is 3.99. The predicted octanol–water partition coefficient (Wildman–Crippen LogP) is 1.60. The van der Waals surface area contributed by atoms with Crippen molar-refractivity contribution in [2.45, 2.75) is 31.7 Å². The van der Waals surface area contributed by atoms with Gasteiger partial charge >= 0.3 is 0 Å². The molecule has 2 aliphatic rings. The normalized spacial score (nSPS) is 24.1. The van der Waals surface area contributed by atoms with Gasteiger partial charge in [0.25, 0.3) is 0 Å². The molecular weight excluding hydrogens is 297 g/mol. The van der Waals surface area contributed by atoms with Crippen LogP contribution in [0.25, 0.3) is 0 Å². The molecule has 1 amide bonds. The fourth-order valence-corrected chi connectivity index (χ4v) is 2.84. The third kappa shape index (κ3) is 6.00. The highest BCUT2D eigenvalue weighted by Gasteiger charge is 2.25. The van der Waals surface area contributed by atoms with Gasteiger partial charge in [-0.05, 0) is 32.2 Å². The molecule has 1 unspecified atom stereocenters. The van der Waals surface area contributed by atoms with Crippen molar-refractivity contribution in [3.63, 3.8) is 0 Å². The summed E-state index contributed by atoms with van der Waals surface area (Å²) in [6.45, 7) is 8.78. The van der Waals surface area contributed by atoms with Crippen molar-refractivity contribution in [1.29, 1.82) is 0 Å². The number of amides is 1. The predicted molar refractivity (Wildman–Crippen MR) is 87.9 cm³/mol. The van der Waals surface area contributed by atoms with E-state index in [4.69, 9.17) is 0 Å². The lowest BCUT2D eigenvalue weighted by molar-refractivity contribution is -0.126. The Labute approximate surface area is 134 Å². The molecule has 0 bridgehead atoms. The van der Waals surface area contributed by atoms with Gasteiger partial charge in [-0.1, -0.05) is 6.08 Å². The summed E-state index contributed by atoms with van der Waals surface area (Å²) in [7, 11) is 0. The Balaban J connectivity index is 0.00000180. The molecule has 1 atom stereocenters. The lowest BCUT2D eigenvalue weighted by Gasteiger charge is -2.33. The molecule has 2 heterocycles. The topological polar surface area (TPSA) is 44.4 Å². The Morgan fingerprint density at radius 2 is 2.00 bits per heavy atom. The first kappa shape index (κ1) is 19.7. The number of rotatable bonds is 4. The third-order valence-electron chi connectivity index (χ3n) is 3.99. The van der Waals surface area contributed by atoms with Crippen LogP contribution in [0.1, 0.15) is 25.7 Å². The SMILES string of the molecule is C=CCN1CCC(NC(=O)C2CCCNC2)CC1.Cl.Cl. The molecule has 0 aromatic carbocycles. The molecular formula is C14H27Cl2N3O. The fourth-order valence-electron chi connectivity index (χ4n) is 2.84. The first-order valence-corrected chi connectivity index (χ1v) is 7.14. The second-order valence-electron chi connectivity index (χ2n) is 5.42. The van der Waals surface area contributed by atoms with Gasteiger partial charge in [0, 0.05) is 32.2 Å². The van der Waals surface area contributed by atoms with Crippen LogP contribution in [0.2, 0.25) is 0 Å². The van der Waals surface area contributed by atoms with Crippen LogP contribution in [0.15, 0.2) is 12.7 Å². The number of nitrogens with zero attached hydrogens (tertiary/aromatic N) is 1.